The smallest absolute Gasteiger partial charge is 0.200 e. The molecule has 0 spiro atoms. The Hall–Kier alpha value is -1.80. The van der Waals surface area contributed by atoms with Crippen molar-refractivity contribution in [2.75, 3.05) is 0 Å². The number of hydrogen-bond donors (Lipinski definition) is 0. The molecule has 0 amide bonds. The summed E-state index contributed by atoms with van der Waals surface area (Å²) in [5, 5.41) is 1.56. The Morgan fingerprint density at radius 3 is 2.56 bits per heavy atom. The summed E-state index contributed by atoms with van der Waals surface area (Å²) in [6, 6.07) is 12.3. The van der Waals surface area contributed by atoms with Crippen LogP contribution in [0.3, 0.4) is 0 Å². The van der Waals surface area contributed by atoms with Crippen LogP contribution in [0.2, 0.25) is 5.02 Å². The third kappa shape index (κ3) is 1.24. The molecule has 3 rings (SSSR count). The average molecular weight is 231 g/mol. The highest BCUT2D eigenvalue weighted by atomic mass is 35.5. The van der Waals surface area contributed by atoms with Crippen LogP contribution in [0.5, 0.6) is 0 Å². The van der Waals surface area contributed by atoms with Crippen molar-refractivity contribution in [3.05, 3.63) is 57.7 Å². The van der Waals surface area contributed by atoms with E-state index in [1.54, 1.807) is 30.3 Å². The third-order valence-electron chi connectivity index (χ3n) is 2.56. The van der Waals surface area contributed by atoms with Gasteiger partial charge in [-0.1, -0.05) is 29.8 Å². The molecule has 1 aromatic heterocycles. The van der Waals surface area contributed by atoms with Gasteiger partial charge in [-0.3, -0.25) is 4.79 Å². The minimum absolute atomic E-state index is 0.0423. The predicted octanol–water partition coefficient (Wildman–Crippen LogP) is 3.60. The van der Waals surface area contributed by atoms with Gasteiger partial charge in [0.1, 0.15) is 5.58 Å². The van der Waals surface area contributed by atoms with E-state index in [9.17, 15) is 4.79 Å². The molecule has 0 aliphatic carbocycles. The molecule has 2 nitrogen and oxygen atoms in total. The van der Waals surface area contributed by atoms with Gasteiger partial charge in [-0.25, -0.2) is 0 Å². The van der Waals surface area contributed by atoms with Gasteiger partial charge in [-0.15, -0.1) is 0 Å². The average Bonchev–Trinajstić information content (AvgIpc) is 2.31. The second kappa shape index (κ2) is 3.35. The molecule has 0 saturated heterocycles. The van der Waals surface area contributed by atoms with Crippen LogP contribution in [-0.2, 0) is 0 Å². The molecular formula is C13H7ClO2. The summed E-state index contributed by atoms with van der Waals surface area (Å²) in [6.07, 6.45) is 0. The molecule has 16 heavy (non-hydrogen) atoms. The highest BCUT2D eigenvalue weighted by Gasteiger charge is 2.08. The standard InChI is InChI=1S/C13H7ClO2/c14-10-6-3-5-9-12(15)8-4-1-2-7-11(8)16-13(9)10/h1-7H. The normalized spacial score (nSPS) is 11.1. The van der Waals surface area contributed by atoms with Crippen LogP contribution < -0.4 is 5.43 Å². The molecule has 0 radical (unpaired) electrons. The van der Waals surface area contributed by atoms with E-state index in [-0.39, 0.29) is 5.43 Å². The molecule has 0 N–H and O–H groups in total. The van der Waals surface area contributed by atoms with Crippen molar-refractivity contribution in [2.45, 2.75) is 0 Å². The third-order valence-corrected chi connectivity index (χ3v) is 2.85. The predicted molar refractivity (Wildman–Crippen MR) is 65.0 cm³/mol. The Bertz CT molecular complexity index is 744. The van der Waals surface area contributed by atoms with Crippen molar-refractivity contribution in [2.24, 2.45) is 0 Å². The van der Waals surface area contributed by atoms with Crippen molar-refractivity contribution in [3.8, 4) is 0 Å². The van der Waals surface area contributed by atoms with Crippen LogP contribution in [0.15, 0.2) is 51.7 Å². The summed E-state index contributed by atoms with van der Waals surface area (Å²) in [7, 11) is 0. The first-order valence-corrected chi connectivity index (χ1v) is 5.25. The molecule has 0 unspecified atom stereocenters. The highest BCUT2D eigenvalue weighted by molar-refractivity contribution is 6.34. The van der Waals surface area contributed by atoms with Crippen LogP contribution in [0.25, 0.3) is 21.9 Å². The Labute approximate surface area is 96.1 Å². The van der Waals surface area contributed by atoms with Crippen LogP contribution in [0.4, 0.5) is 0 Å². The van der Waals surface area contributed by atoms with Crippen LogP contribution in [0.1, 0.15) is 0 Å². The van der Waals surface area contributed by atoms with E-state index in [1.807, 2.05) is 12.1 Å². The molecular weight excluding hydrogens is 224 g/mol. The van der Waals surface area contributed by atoms with Gasteiger partial charge in [0.15, 0.2) is 5.58 Å². The van der Waals surface area contributed by atoms with E-state index in [0.717, 1.165) is 0 Å². The maximum atomic E-state index is 12.1. The molecule has 0 saturated carbocycles. The van der Waals surface area contributed by atoms with Gasteiger partial charge in [-0.05, 0) is 24.3 Å². The summed E-state index contributed by atoms with van der Waals surface area (Å²) in [5.74, 6) is 0. The van der Waals surface area contributed by atoms with Gasteiger partial charge in [0.05, 0.1) is 15.8 Å². The molecule has 1 heterocycles. The zero-order valence-corrected chi connectivity index (χ0v) is 8.99. The molecule has 3 heteroatoms. The number of para-hydroxylation sites is 2. The minimum Gasteiger partial charge on any atom is -0.454 e. The molecule has 2 aromatic carbocycles. The van der Waals surface area contributed by atoms with Crippen LogP contribution in [0, 0.1) is 0 Å². The maximum Gasteiger partial charge on any atom is 0.200 e. The largest absolute Gasteiger partial charge is 0.454 e. The summed E-state index contributed by atoms with van der Waals surface area (Å²) in [5.41, 5.74) is 0.973. The zero-order chi connectivity index (χ0) is 11.1. The number of fused-ring (bicyclic) bond motifs is 2. The Balaban J connectivity index is 2.67. The molecule has 3 aromatic rings. The first kappa shape index (κ1) is 9.43. The number of rotatable bonds is 0. The lowest BCUT2D eigenvalue weighted by Crippen LogP contribution is -2.01. The maximum absolute atomic E-state index is 12.1. The lowest BCUT2D eigenvalue weighted by molar-refractivity contribution is 0.660. The number of benzene rings is 2. The number of halogens is 1. The highest BCUT2D eigenvalue weighted by Crippen LogP contribution is 2.24. The topological polar surface area (TPSA) is 30.2 Å². The molecule has 0 atom stereocenters. The van der Waals surface area contributed by atoms with Crippen molar-refractivity contribution >= 4 is 33.5 Å². The minimum atomic E-state index is -0.0423. The van der Waals surface area contributed by atoms with Crippen molar-refractivity contribution in [1.29, 1.82) is 0 Å². The summed E-state index contributed by atoms with van der Waals surface area (Å²) < 4.78 is 5.63. The Morgan fingerprint density at radius 2 is 1.69 bits per heavy atom. The van der Waals surface area contributed by atoms with Gasteiger partial charge < -0.3 is 4.42 Å². The van der Waals surface area contributed by atoms with Gasteiger partial charge in [0, 0.05) is 0 Å². The summed E-state index contributed by atoms with van der Waals surface area (Å²) in [6.45, 7) is 0. The zero-order valence-electron chi connectivity index (χ0n) is 8.24. The van der Waals surface area contributed by atoms with Gasteiger partial charge >= 0.3 is 0 Å². The molecule has 0 bridgehead atoms. The fourth-order valence-electron chi connectivity index (χ4n) is 1.79. The molecule has 0 aliphatic rings. The van der Waals surface area contributed by atoms with Crippen LogP contribution in [-0.4, -0.2) is 0 Å². The van der Waals surface area contributed by atoms with Crippen molar-refractivity contribution < 1.29 is 4.42 Å². The van der Waals surface area contributed by atoms with Gasteiger partial charge in [-0.2, -0.15) is 0 Å². The lowest BCUT2D eigenvalue weighted by atomic mass is 10.1. The second-order valence-corrected chi connectivity index (χ2v) is 3.95. The monoisotopic (exact) mass is 230 g/mol. The number of hydrogen-bond acceptors (Lipinski definition) is 2. The molecule has 78 valence electrons. The fourth-order valence-corrected chi connectivity index (χ4v) is 2.00. The SMILES string of the molecule is O=c1c2ccccc2oc2c(Cl)cccc12. The Morgan fingerprint density at radius 1 is 0.938 bits per heavy atom. The van der Waals surface area contributed by atoms with E-state index >= 15 is 0 Å². The van der Waals surface area contributed by atoms with E-state index in [2.05, 4.69) is 0 Å². The van der Waals surface area contributed by atoms with Gasteiger partial charge in [0.2, 0.25) is 5.43 Å². The lowest BCUT2D eigenvalue weighted by Gasteiger charge is -2.01. The van der Waals surface area contributed by atoms with E-state index in [0.29, 0.717) is 27.0 Å². The fraction of sp³-hybridized carbons (Fsp3) is 0. The Kier molecular flexibility index (Phi) is 1.98. The van der Waals surface area contributed by atoms with E-state index in [4.69, 9.17) is 16.0 Å². The van der Waals surface area contributed by atoms with Crippen molar-refractivity contribution in [3.63, 3.8) is 0 Å². The first-order chi connectivity index (χ1) is 7.77. The molecule has 0 aliphatic heterocycles. The summed E-state index contributed by atoms with van der Waals surface area (Å²) in [4.78, 5) is 12.1. The first-order valence-electron chi connectivity index (χ1n) is 4.87. The van der Waals surface area contributed by atoms with Crippen LogP contribution >= 0.6 is 11.6 Å². The summed E-state index contributed by atoms with van der Waals surface area (Å²) >= 11 is 6.00. The van der Waals surface area contributed by atoms with E-state index in [1.165, 1.54) is 0 Å². The molecule has 0 fully saturated rings. The quantitative estimate of drug-likeness (QED) is 0.553. The van der Waals surface area contributed by atoms with Crippen molar-refractivity contribution in [1.82, 2.24) is 0 Å². The van der Waals surface area contributed by atoms with E-state index < -0.39 is 0 Å². The second-order valence-electron chi connectivity index (χ2n) is 3.54. The van der Waals surface area contributed by atoms with Gasteiger partial charge in [0.25, 0.3) is 0 Å².